The molecule has 0 aliphatic carbocycles. The van der Waals surface area contributed by atoms with Crippen LogP contribution in [0.25, 0.3) is 0 Å². The minimum Gasteiger partial charge on any atom is -0.294 e. The molecule has 1 saturated heterocycles. The Morgan fingerprint density at radius 3 is 1.50 bits per heavy atom. The summed E-state index contributed by atoms with van der Waals surface area (Å²) in [5, 5.41) is 0. The van der Waals surface area contributed by atoms with Crippen molar-refractivity contribution in [2.75, 3.05) is 0 Å². The molecule has 0 N–H and O–H groups in total. The highest BCUT2D eigenvalue weighted by Crippen LogP contribution is 2.41. The highest BCUT2D eigenvalue weighted by Gasteiger charge is 2.60. The van der Waals surface area contributed by atoms with Crippen molar-refractivity contribution in [2.24, 2.45) is 11.3 Å². The molecule has 138 valence electrons. The maximum atomic E-state index is 13.3. The molecule has 1 aliphatic rings. The van der Waals surface area contributed by atoms with Gasteiger partial charge in [0, 0.05) is 0 Å². The Morgan fingerprint density at radius 1 is 0.875 bits per heavy atom. The van der Waals surface area contributed by atoms with Gasteiger partial charge in [0.2, 0.25) is 11.8 Å². The van der Waals surface area contributed by atoms with E-state index in [9.17, 15) is 14.4 Å². The minimum atomic E-state index is -2.23. The van der Waals surface area contributed by atoms with Crippen LogP contribution in [0.5, 0.6) is 0 Å². The van der Waals surface area contributed by atoms with Crippen LogP contribution >= 0.6 is 0 Å². The Labute approximate surface area is 148 Å². The van der Waals surface area contributed by atoms with Crippen LogP contribution < -0.4 is 0 Å². The predicted octanol–water partition coefficient (Wildman–Crippen LogP) is 4.28. The zero-order chi connectivity index (χ0) is 19.1. The molecule has 1 rings (SSSR count). The van der Waals surface area contributed by atoms with E-state index in [2.05, 4.69) is 13.8 Å². The number of barbiturate groups is 1. The summed E-state index contributed by atoms with van der Waals surface area (Å²) in [7, 11) is -4.46. The van der Waals surface area contributed by atoms with E-state index < -0.39 is 21.9 Å². The lowest BCUT2D eigenvalue weighted by atomic mass is 9.76. The van der Waals surface area contributed by atoms with Crippen molar-refractivity contribution < 1.29 is 14.4 Å². The molecule has 1 aliphatic heterocycles. The number of urea groups is 1. The van der Waals surface area contributed by atoms with E-state index in [-0.39, 0.29) is 17.8 Å². The first-order valence-corrected chi connectivity index (χ1v) is 15.8. The molecule has 0 atom stereocenters. The van der Waals surface area contributed by atoms with Crippen molar-refractivity contribution in [2.45, 2.75) is 79.3 Å². The molecule has 0 saturated carbocycles. The monoisotopic (exact) mass is 370 g/mol. The largest absolute Gasteiger partial charge is 0.317 e. The zero-order valence-corrected chi connectivity index (χ0v) is 18.8. The van der Waals surface area contributed by atoms with Gasteiger partial charge in [0.25, 0.3) is 0 Å². The molecule has 5 nitrogen and oxygen atoms in total. The van der Waals surface area contributed by atoms with E-state index >= 15 is 0 Å². The highest BCUT2D eigenvalue weighted by molar-refractivity contribution is 6.82. The van der Waals surface area contributed by atoms with Crippen LogP contribution in [0.15, 0.2) is 0 Å². The molecule has 4 amide bonds. The van der Waals surface area contributed by atoms with Gasteiger partial charge in [-0.1, -0.05) is 60.1 Å². The van der Waals surface area contributed by atoms with E-state index in [1.54, 1.807) is 0 Å². The number of carbonyl (C=O) groups excluding carboxylic acids is 3. The van der Waals surface area contributed by atoms with Crippen LogP contribution in [0.1, 0.15) is 40.0 Å². The van der Waals surface area contributed by atoms with Crippen molar-refractivity contribution >= 4 is 34.3 Å². The third kappa shape index (κ3) is 3.66. The molecular formula is C17H34N2O3Si2. The second kappa shape index (κ2) is 6.74. The Morgan fingerprint density at radius 2 is 1.25 bits per heavy atom. The Hall–Kier alpha value is -0.956. The summed E-state index contributed by atoms with van der Waals surface area (Å²) < 4.78 is 2.94. The minimum absolute atomic E-state index is 0.255. The van der Waals surface area contributed by atoms with Gasteiger partial charge in [-0.25, -0.2) is 4.79 Å². The molecule has 0 unspecified atom stereocenters. The molecule has 0 aromatic rings. The van der Waals surface area contributed by atoms with Gasteiger partial charge in [-0.3, -0.25) is 18.7 Å². The number of imide groups is 2. The quantitative estimate of drug-likeness (QED) is 0.518. The smallest absolute Gasteiger partial charge is 0.294 e. The van der Waals surface area contributed by atoms with E-state index in [0.29, 0.717) is 18.8 Å². The lowest BCUT2D eigenvalue weighted by molar-refractivity contribution is -0.154. The van der Waals surface area contributed by atoms with Crippen LogP contribution in [0.2, 0.25) is 39.3 Å². The predicted molar refractivity (Wildman–Crippen MR) is 103 cm³/mol. The second-order valence-corrected chi connectivity index (χ2v) is 18.9. The summed E-state index contributed by atoms with van der Waals surface area (Å²) in [6.07, 6.45) is 1.78. The molecule has 1 heterocycles. The average Bonchev–Trinajstić information content (AvgIpc) is 2.35. The third-order valence-electron chi connectivity index (χ3n) is 4.70. The maximum absolute atomic E-state index is 13.3. The van der Waals surface area contributed by atoms with Gasteiger partial charge in [0.05, 0.1) is 0 Å². The molecule has 0 aromatic carbocycles. The fourth-order valence-electron chi connectivity index (χ4n) is 3.20. The Kier molecular flexibility index (Phi) is 5.93. The summed E-state index contributed by atoms with van der Waals surface area (Å²) in [5.41, 5.74) is -1.07. The number of carbonyl (C=O) groups is 3. The van der Waals surface area contributed by atoms with E-state index in [1.165, 1.54) is 9.13 Å². The standard InChI is InChI=1S/C17H34N2O3Si2/c1-10-17(12-11-13(2)3)14(20)18(23(4,5)6)16(22)19(15(17)21)24(7,8)9/h13H,10-12H2,1-9H3. The first-order chi connectivity index (χ1) is 10.7. The molecule has 0 spiro atoms. The van der Waals surface area contributed by atoms with Gasteiger partial charge in [-0.2, -0.15) is 0 Å². The molecule has 1 fully saturated rings. The fraction of sp³-hybridized carbons (Fsp3) is 0.824. The van der Waals surface area contributed by atoms with Crippen molar-refractivity contribution in [3.05, 3.63) is 0 Å². The second-order valence-electron chi connectivity index (χ2n) is 9.27. The summed E-state index contributed by atoms with van der Waals surface area (Å²) in [6.45, 7) is 18.0. The van der Waals surface area contributed by atoms with Gasteiger partial charge < -0.3 is 0 Å². The number of nitrogens with zero attached hydrogens (tertiary/aromatic N) is 2. The molecule has 0 bridgehead atoms. The van der Waals surface area contributed by atoms with Gasteiger partial charge in [0.15, 0.2) is 16.5 Å². The zero-order valence-electron chi connectivity index (χ0n) is 16.8. The van der Waals surface area contributed by atoms with Crippen molar-refractivity contribution in [1.29, 1.82) is 0 Å². The summed E-state index contributed by atoms with van der Waals surface area (Å²) >= 11 is 0. The average molecular weight is 371 g/mol. The van der Waals surface area contributed by atoms with E-state index in [0.717, 1.165) is 6.42 Å². The Balaban J connectivity index is 3.53. The maximum Gasteiger partial charge on any atom is 0.317 e. The third-order valence-corrected chi connectivity index (χ3v) is 8.17. The summed E-state index contributed by atoms with van der Waals surface area (Å²) in [6, 6.07) is -0.378. The first kappa shape index (κ1) is 21.1. The molecular weight excluding hydrogens is 336 g/mol. The summed E-state index contributed by atoms with van der Waals surface area (Å²) in [5.74, 6) is -0.101. The van der Waals surface area contributed by atoms with Gasteiger partial charge in [-0.15, -0.1) is 0 Å². The summed E-state index contributed by atoms with van der Waals surface area (Å²) in [4.78, 5) is 39.7. The van der Waals surface area contributed by atoms with Crippen LogP contribution in [-0.4, -0.2) is 43.4 Å². The normalized spacial score (nSPS) is 19.5. The van der Waals surface area contributed by atoms with Crippen LogP contribution in [0.3, 0.4) is 0 Å². The topological polar surface area (TPSA) is 57.7 Å². The van der Waals surface area contributed by atoms with Gasteiger partial charge in [-0.05, 0) is 25.2 Å². The number of hydrogen-bond donors (Lipinski definition) is 0. The molecule has 0 aromatic heterocycles. The van der Waals surface area contributed by atoms with Crippen molar-refractivity contribution in [1.82, 2.24) is 9.13 Å². The SMILES string of the molecule is CCC1(CCC(C)C)C(=O)N([Si](C)(C)C)C(=O)N([Si](C)(C)C)C1=O. The highest BCUT2D eigenvalue weighted by atomic mass is 28.3. The van der Waals surface area contributed by atoms with Crippen LogP contribution in [0, 0.1) is 11.3 Å². The molecule has 7 heteroatoms. The number of amides is 4. The van der Waals surface area contributed by atoms with E-state index in [1.807, 2.05) is 46.2 Å². The van der Waals surface area contributed by atoms with Crippen molar-refractivity contribution in [3.63, 3.8) is 0 Å². The Bertz CT molecular complexity index is 497. The van der Waals surface area contributed by atoms with Crippen LogP contribution in [-0.2, 0) is 9.59 Å². The van der Waals surface area contributed by atoms with Crippen LogP contribution in [0.4, 0.5) is 4.79 Å². The number of hydrogen-bond acceptors (Lipinski definition) is 3. The van der Waals surface area contributed by atoms with E-state index in [4.69, 9.17) is 0 Å². The fourth-order valence-corrected chi connectivity index (χ4v) is 6.30. The first-order valence-electron chi connectivity index (χ1n) is 8.93. The van der Waals surface area contributed by atoms with Gasteiger partial charge >= 0.3 is 6.03 Å². The molecule has 24 heavy (non-hydrogen) atoms. The van der Waals surface area contributed by atoms with Crippen molar-refractivity contribution in [3.8, 4) is 0 Å². The molecule has 0 radical (unpaired) electrons. The lowest BCUT2D eigenvalue weighted by Crippen LogP contribution is -2.74. The van der Waals surface area contributed by atoms with Gasteiger partial charge in [0.1, 0.15) is 5.41 Å². The lowest BCUT2D eigenvalue weighted by Gasteiger charge is -2.51. The number of rotatable bonds is 6.